The lowest BCUT2D eigenvalue weighted by atomic mass is 10.2. The predicted octanol–water partition coefficient (Wildman–Crippen LogP) is 1.84. The van der Waals surface area contributed by atoms with Crippen LogP contribution in [-0.2, 0) is 11.3 Å². The van der Waals surface area contributed by atoms with Gasteiger partial charge in [-0.05, 0) is 24.6 Å². The molecule has 0 atom stereocenters. The second kappa shape index (κ2) is 5.37. The molecule has 0 aliphatic rings. The molecule has 0 aliphatic carbocycles. The van der Waals surface area contributed by atoms with Crippen LogP contribution in [0, 0.1) is 0 Å². The summed E-state index contributed by atoms with van der Waals surface area (Å²) in [6.07, 6.45) is 4.07. The summed E-state index contributed by atoms with van der Waals surface area (Å²) < 4.78 is 0. The highest BCUT2D eigenvalue weighted by atomic mass is 16.2. The number of hydrogen-bond donors (Lipinski definition) is 0. The van der Waals surface area contributed by atoms with Crippen LogP contribution in [0.15, 0.2) is 24.5 Å². The van der Waals surface area contributed by atoms with Gasteiger partial charge >= 0.3 is 0 Å². The first-order valence-electron chi connectivity index (χ1n) is 4.94. The SMILES string of the molecule is CCC(=O)N(CC)Cc1ccncc1. The number of pyridine rings is 1. The predicted molar refractivity (Wildman–Crippen MR) is 55.6 cm³/mol. The third-order valence-electron chi connectivity index (χ3n) is 2.16. The summed E-state index contributed by atoms with van der Waals surface area (Å²) in [7, 11) is 0. The molecule has 1 heterocycles. The summed E-state index contributed by atoms with van der Waals surface area (Å²) in [5.41, 5.74) is 1.13. The molecule has 1 rings (SSSR count). The van der Waals surface area contributed by atoms with Crippen molar-refractivity contribution in [2.75, 3.05) is 6.54 Å². The van der Waals surface area contributed by atoms with Gasteiger partial charge in [0, 0.05) is 31.9 Å². The molecule has 1 amide bonds. The van der Waals surface area contributed by atoms with E-state index in [1.807, 2.05) is 30.9 Å². The molecule has 0 fully saturated rings. The first-order valence-corrected chi connectivity index (χ1v) is 4.94. The normalized spacial score (nSPS) is 9.86. The van der Waals surface area contributed by atoms with Crippen molar-refractivity contribution >= 4 is 5.91 Å². The van der Waals surface area contributed by atoms with Gasteiger partial charge in [0.2, 0.25) is 5.91 Å². The summed E-state index contributed by atoms with van der Waals surface area (Å²) >= 11 is 0. The maximum atomic E-state index is 11.5. The number of rotatable bonds is 4. The molecule has 0 N–H and O–H groups in total. The van der Waals surface area contributed by atoms with Crippen LogP contribution in [0.5, 0.6) is 0 Å². The average Bonchev–Trinajstić information content (AvgIpc) is 2.26. The summed E-state index contributed by atoms with van der Waals surface area (Å²) in [6.45, 7) is 5.33. The second-order valence-electron chi connectivity index (χ2n) is 3.12. The van der Waals surface area contributed by atoms with Crippen molar-refractivity contribution in [3.63, 3.8) is 0 Å². The summed E-state index contributed by atoms with van der Waals surface area (Å²) in [6, 6.07) is 3.87. The zero-order valence-corrected chi connectivity index (χ0v) is 8.73. The van der Waals surface area contributed by atoms with Crippen molar-refractivity contribution in [2.24, 2.45) is 0 Å². The topological polar surface area (TPSA) is 33.2 Å². The second-order valence-corrected chi connectivity index (χ2v) is 3.12. The third kappa shape index (κ3) is 2.83. The fourth-order valence-corrected chi connectivity index (χ4v) is 1.31. The zero-order chi connectivity index (χ0) is 10.4. The maximum absolute atomic E-state index is 11.5. The van der Waals surface area contributed by atoms with E-state index in [1.54, 1.807) is 12.4 Å². The van der Waals surface area contributed by atoms with Crippen LogP contribution in [0.1, 0.15) is 25.8 Å². The van der Waals surface area contributed by atoms with Gasteiger partial charge in [0.15, 0.2) is 0 Å². The largest absolute Gasteiger partial charge is 0.339 e. The minimum Gasteiger partial charge on any atom is -0.339 e. The van der Waals surface area contributed by atoms with Crippen molar-refractivity contribution < 1.29 is 4.79 Å². The molecule has 0 bridgehead atoms. The molecule has 0 radical (unpaired) electrons. The van der Waals surface area contributed by atoms with Gasteiger partial charge in [-0.1, -0.05) is 6.92 Å². The number of hydrogen-bond acceptors (Lipinski definition) is 2. The van der Waals surface area contributed by atoms with E-state index in [9.17, 15) is 4.79 Å². The quantitative estimate of drug-likeness (QED) is 0.729. The van der Waals surface area contributed by atoms with Crippen molar-refractivity contribution in [1.82, 2.24) is 9.88 Å². The Morgan fingerprint density at radius 1 is 1.36 bits per heavy atom. The molecule has 1 aromatic heterocycles. The Hall–Kier alpha value is -1.38. The van der Waals surface area contributed by atoms with Crippen LogP contribution in [0.2, 0.25) is 0 Å². The molecule has 3 nitrogen and oxygen atoms in total. The summed E-state index contributed by atoms with van der Waals surface area (Å²) in [4.78, 5) is 17.2. The number of amides is 1. The Kier molecular flexibility index (Phi) is 4.11. The molecular weight excluding hydrogens is 176 g/mol. The Morgan fingerprint density at radius 2 is 2.00 bits per heavy atom. The van der Waals surface area contributed by atoms with Gasteiger partial charge in [-0.2, -0.15) is 0 Å². The van der Waals surface area contributed by atoms with E-state index in [2.05, 4.69) is 4.98 Å². The van der Waals surface area contributed by atoms with Crippen molar-refractivity contribution in [3.05, 3.63) is 30.1 Å². The van der Waals surface area contributed by atoms with Gasteiger partial charge < -0.3 is 4.90 Å². The first kappa shape index (κ1) is 10.7. The lowest BCUT2D eigenvalue weighted by molar-refractivity contribution is -0.131. The third-order valence-corrected chi connectivity index (χ3v) is 2.16. The molecule has 0 aliphatic heterocycles. The molecule has 1 aromatic rings. The number of aromatic nitrogens is 1. The average molecular weight is 192 g/mol. The van der Waals surface area contributed by atoms with Crippen molar-refractivity contribution in [3.8, 4) is 0 Å². The van der Waals surface area contributed by atoms with Gasteiger partial charge in [0.25, 0.3) is 0 Å². The fourth-order valence-electron chi connectivity index (χ4n) is 1.31. The lowest BCUT2D eigenvalue weighted by Gasteiger charge is -2.19. The molecule has 3 heteroatoms. The minimum absolute atomic E-state index is 0.198. The van der Waals surface area contributed by atoms with Crippen LogP contribution >= 0.6 is 0 Å². The molecule has 76 valence electrons. The molecule has 0 unspecified atom stereocenters. The van der Waals surface area contributed by atoms with Gasteiger partial charge in [0.05, 0.1) is 0 Å². The van der Waals surface area contributed by atoms with Crippen LogP contribution in [0.3, 0.4) is 0 Å². The Bertz CT molecular complexity index is 285. The minimum atomic E-state index is 0.198. The lowest BCUT2D eigenvalue weighted by Crippen LogP contribution is -2.29. The molecule has 0 aromatic carbocycles. The van der Waals surface area contributed by atoms with Crippen LogP contribution in [-0.4, -0.2) is 22.3 Å². The molecule has 0 spiro atoms. The Balaban J connectivity index is 2.62. The van der Waals surface area contributed by atoms with Gasteiger partial charge in [-0.3, -0.25) is 9.78 Å². The number of carbonyl (C=O) groups excluding carboxylic acids is 1. The molecule has 14 heavy (non-hydrogen) atoms. The van der Waals surface area contributed by atoms with Gasteiger partial charge in [-0.15, -0.1) is 0 Å². The van der Waals surface area contributed by atoms with Crippen molar-refractivity contribution in [1.29, 1.82) is 0 Å². The smallest absolute Gasteiger partial charge is 0.222 e. The van der Waals surface area contributed by atoms with E-state index in [1.165, 1.54) is 0 Å². The van der Waals surface area contributed by atoms with Gasteiger partial charge in [-0.25, -0.2) is 0 Å². The Labute approximate surface area is 84.8 Å². The molecule has 0 saturated carbocycles. The van der Waals surface area contributed by atoms with Crippen LogP contribution in [0.25, 0.3) is 0 Å². The van der Waals surface area contributed by atoms with Crippen molar-refractivity contribution in [2.45, 2.75) is 26.8 Å². The van der Waals surface area contributed by atoms with E-state index in [4.69, 9.17) is 0 Å². The first-order chi connectivity index (χ1) is 6.77. The highest BCUT2D eigenvalue weighted by Gasteiger charge is 2.08. The van der Waals surface area contributed by atoms with E-state index in [0.29, 0.717) is 13.0 Å². The highest BCUT2D eigenvalue weighted by Crippen LogP contribution is 2.04. The highest BCUT2D eigenvalue weighted by molar-refractivity contribution is 5.75. The molecule has 0 saturated heterocycles. The van der Waals surface area contributed by atoms with E-state index in [0.717, 1.165) is 12.1 Å². The summed E-state index contributed by atoms with van der Waals surface area (Å²) in [5, 5.41) is 0. The van der Waals surface area contributed by atoms with Crippen LogP contribution in [0.4, 0.5) is 0 Å². The van der Waals surface area contributed by atoms with Crippen LogP contribution < -0.4 is 0 Å². The number of nitrogens with zero attached hydrogens (tertiary/aromatic N) is 2. The van der Waals surface area contributed by atoms with Gasteiger partial charge in [0.1, 0.15) is 0 Å². The van der Waals surface area contributed by atoms with E-state index < -0.39 is 0 Å². The Morgan fingerprint density at radius 3 is 2.50 bits per heavy atom. The van der Waals surface area contributed by atoms with E-state index in [-0.39, 0.29) is 5.91 Å². The monoisotopic (exact) mass is 192 g/mol. The fraction of sp³-hybridized carbons (Fsp3) is 0.455. The summed E-state index contributed by atoms with van der Waals surface area (Å²) in [5.74, 6) is 0.198. The standard InChI is InChI=1S/C11H16N2O/c1-3-11(14)13(4-2)9-10-5-7-12-8-6-10/h5-8H,3-4,9H2,1-2H3. The van der Waals surface area contributed by atoms with E-state index >= 15 is 0 Å². The molecular formula is C11H16N2O. The zero-order valence-electron chi connectivity index (χ0n) is 8.73. The number of carbonyl (C=O) groups is 1. The maximum Gasteiger partial charge on any atom is 0.222 e.